The topological polar surface area (TPSA) is 82.3 Å². The van der Waals surface area contributed by atoms with Crippen LogP contribution in [0.5, 0.6) is 5.88 Å². The van der Waals surface area contributed by atoms with Gasteiger partial charge in [-0.3, -0.25) is 0 Å². The van der Waals surface area contributed by atoms with Crippen LogP contribution in [0.2, 0.25) is 0 Å². The van der Waals surface area contributed by atoms with Gasteiger partial charge in [0.2, 0.25) is 11.8 Å². The van der Waals surface area contributed by atoms with Crippen LogP contribution in [0.1, 0.15) is 19.8 Å². The lowest BCUT2D eigenvalue weighted by Crippen LogP contribution is -2.17. The zero-order valence-electron chi connectivity index (χ0n) is 9.98. The highest BCUT2D eigenvalue weighted by Gasteiger charge is 2.18. The minimum Gasteiger partial charge on any atom is -0.472 e. The van der Waals surface area contributed by atoms with Crippen molar-refractivity contribution < 1.29 is 9.47 Å². The molecule has 2 heterocycles. The van der Waals surface area contributed by atoms with Gasteiger partial charge in [0.1, 0.15) is 11.9 Å². The first-order valence-corrected chi connectivity index (χ1v) is 5.90. The molecular formula is C11H18N4O2. The van der Waals surface area contributed by atoms with Crippen molar-refractivity contribution in [3.8, 4) is 5.88 Å². The summed E-state index contributed by atoms with van der Waals surface area (Å²) in [5.41, 5.74) is 5.63. The standard InChI is InChI=1S/C11H18N4O2/c1-2-4-13-9-6-10(15-11(12)14-9)17-8-3-5-16-7-8/h6,8H,2-5,7H2,1H3,(H3,12,13,14,15). The molecule has 1 atom stereocenters. The number of hydrogen-bond donors (Lipinski definition) is 2. The molecule has 6 heteroatoms. The van der Waals surface area contributed by atoms with E-state index in [9.17, 15) is 0 Å². The zero-order valence-corrected chi connectivity index (χ0v) is 9.98. The van der Waals surface area contributed by atoms with E-state index >= 15 is 0 Å². The number of hydrogen-bond acceptors (Lipinski definition) is 6. The van der Waals surface area contributed by atoms with Crippen molar-refractivity contribution in [3.63, 3.8) is 0 Å². The Bertz CT molecular complexity index is 366. The summed E-state index contributed by atoms with van der Waals surface area (Å²) in [6, 6.07) is 1.77. The van der Waals surface area contributed by atoms with Crippen LogP contribution in [-0.2, 0) is 4.74 Å². The van der Waals surface area contributed by atoms with E-state index in [1.54, 1.807) is 6.07 Å². The van der Waals surface area contributed by atoms with E-state index in [4.69, 9.17) is 15.2 Å². The largest absolute Gasteiger partial charge is 0.472 e. The molecule has 1 aliphatic rings. The minimum absolute atomic E-state index is 0.0725. The van der Waals surface area contributed by atoms with E-state index in [1.807, 2.05) is 0 Å². The normalized spacial score (nSPS) is 19.2. The maximum atomic E-state index is 5.68. The summed E-state index contributed by atoms with van der Waals surface area (Å²) in [6.07, 6.45) is 1.99. The quantitative estimate of drug-likeness (QED) is 0.797. The fraction of sp³-hybridized carbons (Fsp3) is 0.636. The van der Waals surface area contributed by atoms with Gasteiger partial charge >= 0.3 is 0 Å². The number of nitrogen functional groups attached to an aromatic ring is 1. The van der Waals surface area contributed by atoms with Crippen LogP contribution < -0.4 is 15.8 Å². The average Bonchev–Trinajstić information content (AvgIpc) is 2.78. The summed E-state index contributed by atoms with van der Waals surface area (Å²) in [7, 11) is 0. The van der Waals surface area contributed by atoms with E-state index in [0.29, 0.717) is 18.3 Å². The molecule has 0 amide bonds. The molecule has 1 fully saturated rings. The van der Waals surface area contributed by atoms with Crippen LogP contribution in [0.15, 0.2) is 6.07 Å². The van der Waals surface area contributed by atoms with Gasteiger partial charge in [-0.15, -0.1) is 0 Å². The van der Waals surface area contributed by atoms with Gasteiger partial charge in [-0.05, 0) is 6.42 Å². The Balaban J connectivity index is 2.02. The fourth-order valence-corrected chi connectivity index (χ4v) is 1.62. The Morgan fingerprint density at radius 3 is 3.18 bits per heavy atom. The summed E-state index contributed by atoms with van der Waals surface area (Å²) in [4.78, 5) is 8.14. The molecule has 1 saturated heterocycles. The predicted molar refractivity (Wildman–Crippen MR) is 65.1 cm³/mol. The van der Waals surface area contributed by atoms with Crippen molar-refractivity contribution in [2.45, 2.75) is 25.9 Å². The molecule has 0 saturated carbocycles. The number of anilines is 2. The summed E-state index contributed by atoms with van der Waals surface area (Å²) in [5.74, 6) is 1.43. The Hall–Kier alpha value is -1.56. The van der Waals surface area contributed by atoms with Crippen LogP contribution in [0, 0.1) is 0 Å². The molecule has 1 unspecified atom stereocenters. The monoisotopic (exact) mass is 238 g/mol. The van der Waals surface area contributed by atoms with Gasteiger partial charge in [-0.2, -0.15) is 9.97 Å². The number of nitrogens with zero attached hydrogens (tertiary/aromatic N) is 2. The maximum Gasteiger partial charge on any atom is 0.225 e. The van der Waals surface area contributed by atoms with E-state index in [2.05, 4.69) is 22.2 Å². The summed E-state index contributed by atoms with van der Waals surface area (Å²) in [6.45, 7) is 4.29. The first-order chi connectivity index (χ1) is 8.28. The first kappa shape index (κ1) is 11.9. The van der Waals surface area contributed by atoms with Crippen LogP contribution in [0.4, 0.5) is 11.8 Å². The molecule has 17 heavy (non-hydrogen) atoms. The van der Waals surface area contributed by atoms with Crippen molar-refractivity contribution in [1.29, 1.82) is 0 Å². The third-order valence-electron chi connectivity index (χ3n) is 2.45. The maximum absolute atomic E-state index is 5.68. The highest BCUT2D eigenvalue weighted by Crippen LogP contribution is 2.18. The van der Waals surface area contributed by atoms with Crippen molar-refractivity contribution >= 4 is 11.8 Å². The van der Waals surface area contributed by atoms with Crippen molar-refractivity contribution in [2.75, 3.05) is 30.8 Å². The van der Waals surface area contributed by atoms with E-state index in [-0.39, 0.29) is 12.1 Å². The molecule has 0 bridgehead atoms. The minimum atomic E-state index is 0.0725. The highest BCUT2D eigenvalue weighted by molar-refractivity contribution is 5.42. The molecule has 2 rings (SSSR count). The van der Waals surface area contributed by atoms with E-state index in [0.717, 1.165) is 26.0 Å². The second-order valence-corrected chi connectivity index (χ2v) is 3.98. The molecule has 0 spiro atoms. The Labute approximate surface area is 101 Å². The van der Waals surface area contributed by atoms with Gasteiger partial charge in [0, 0.05) is 19.0 Å². The second-order valence-electron chi connectivity index (χ2n) is 3.98. The number of nitrogens with two attached hydrogens (primary N) is 1. The van der Waals surface area contributed by atoms with Crippen molar-refractivity contribution in [1.82, 2.24) is 9.97 Å². The van der Waals surface area contributed by atoms with Gasteiger partial charge in [-0.1, -0.05) is 6.92 Å². The molecule has 6 nitrogen and oxygen atoms in total. The van der Waals surface area contributed by atoms with E-state index in [1.165, 1.54) is 0 Å². The summed E-state index contributed by atoms with van der Waals surface area (Å²) in [5, 5.41) is 3.16. The van der Waals surface area contributed by atoms with Crippen molar-refractivity contribution in [2.24, 2.45) is 0 Å². The van der Waals surface area contributed by atoms with Crippen LogP contribution in [0.3, 0.4) is 0 Å². The zero-order chi connectivity index (χ0) is 12.1. The number of aromatic nitrogens is 2. The van der Waals surface area contributed by atoms with Gasteiger partial charge in [-0.25, -0.2) is 0 Å². The molecule has 3 N–H and O–H groups in total. The van der Waals surface area contributed by atoms with E-state index < -0.39 is 0 Å². The Morgan fingerprint density at radius 1 is 1.59 bits per heavy atom. The number of nitrogens with one attached hydrogen (secondary N) is 1. The molecule has 1 aliphatic heterocycles. The van der Waals surface area contributed by atoms with Crippen LogP contribution >= 0.6 is 0 Å². The lowest BCUT2D eigenvalue weighted by Gasteiger charge is -2.12. The summed E-state index contributed by atoms with van der Waals surface area (Å²) < 4.78 is 10.9. The number of ether oxygens (including phenoxy) is 2. The lowest BCUT2D eigenvalue weighted by molar-refractivity contribution is 0.138. The Morgan fingerprint density at radius 2 is 2.47 bits per heavy atom. The Kier molecular flexibility index (Phi) is 3.98. The SMILES string of the molecule is CCCNc1cc(OC2CCOC2)nc(N)n1. The molecule has 1 aromatic heterocycles. The van der Waals surface area contributed by atoms with Crippen molar-refractivity contribution in [3.05, 3.63) is 6.07 Å². The molecule has 94 valence electrons. The molecule has 1 aromatic rings. The van der Waals surface area contributed by atoms with Gasteiger partial charge in [0.15, 0.2) is 0 Å². The van der Waals surface area contributed by atoms with Crippen LogP contribution in [0.25, 0.3) is 0 Å². The molecule has 0 aliphatic carbocycles. The fourth-order valence-electron chi connectivity index (χ4n) is 1.62. The smallest absolute Gasteiger partial charge is 0.225 e. The second kappa shape index (κ2) is 5.67. The lowest BCUT2D eigenvalue weighted by atomic mass is 10.3. The van der Waals surface area contributed by atoms with Gasteiger partial charge in [0.25, 0.3) is 0 Å². The summed E-state index contributed by atoms with van der Waals surface area (Å²) >= 11 is 0. The molecule has 0 radical (unpaired) electrons. The number of rotatable bonds is 5. The van der Waals surface area contributed by atoms with Crippen LogP contribution in [-0.4, -0.2) is 35.8 Å². The predicted octanol–water partition coefficient (Wildman–Crippen LogP) is 1.05. The molecule has 0 aromatic carbocycles. The third-order valence-corrected chi connectivity index (χ3v) is 2.45. The first-order valence-electron chi connectivity index (χ1n) is 5.90. The van der Waals surface area contributed by atoms with Gasteiger partial charge < -0.3 is 20.5 Å². The average molecular weight is 238 g/mol. The highest BCUT2D eigenvalue weighted by atomic mass is 16.5. The molecular weight excluding hydrogens is 220 g/mol. The third kappa shape index (κ3) is 3.45. The van der Waals surface area contributed by atoms with Gasteiger partial charge in [0.05, 0.1) is 13.2 Å².